The molecule has 0 spiro atoms. The van der Waals surface area contributed by atoms with Crippen LogP contribution in [-0.4, -0.2) is 25.0 Å². The number of hydrogen-bond acceptors (Lipinski definition) is 2. The first-order valence-corrected chi connectivity index (χ1v) is 5.77. The van der Waals surface area contributed by atoms with Gasteiger partial charge in [-0.3, -0.25) is 0 Å². The van der Waals surface area contributed by atoms with Gasteiger partial charge in [0.05, 0.1) is 0 Å². The Bertz CT molecular complexity index is 401. The predicted molar refractivity (Wildman–Crippen MR) is 72.7 cm³/mol. The number of benzene rings is 1. The largest absolute Gasteiger partial charge is 0.330 e. The molecule has 1 aromatic rings. The van der Waals surface area contributed by atoms with Crippen molar-refractivity contribution in [1.29, 1.82) is 0 Å². The Hall–Kier alpha value is -0.780. The van der Waals surface area contributed by atoms with Gasteiger partial charge in [-0.1, -0.05) is 13.8 Å². The second kappa shape index (κ2) is 7.12. The van der Waals surface area contributed by atoms with Gasteiger partial charge in [-0.2, -0.15) is 0 Å². The molecule has 1 aromatic carbocycles. The summed E-state index contributed by atoms with van der Waals surface area (Å²) >= 11 is 0. The van der Waals surface area contributed by atoms with E-state index in [-0.39, 0.29) is 17.8 Å². The highest BCUT2D eigenvalue weighted by Gasteiger charge is 2.19. The van der Waals surface area contributed by atoms with Gasteiger partial charge in [0, 0.05) is 13.1 Å². The van der Waals surface area contributed by atoms with Gasteiger partial charge in [0.1, 0.15) is 0 Å². The van der Waals surface area contributed by atoms with Gasteiger partial charge in [0.15, 0.2) is 17.5 Å². The summed E-state index contributed by atoms with van der Waals surface area (Å²) in [5.74, 6) is -3.74. The number of nitrogens with two attached hydrogens (primary N) is 1. The fourth-order valence-electron chi connectivity index (χ4n) is 1.86. The molecule has 0 saturated heterocycles. The van der Waals surface area contributed by atoms with Crippen LogP contribution in [0.25, 0.3) is 0 Å². The molecule has 0 amide bonds. The Morgan fingerprint density at radius 2 is 1.63 bits per heavy atom. The molecule has 0 aromatic heterocycles. The molecule has 0 saturated carbocycles. The van der Waals surface area contributed by atoms with Crippen LogP contribution in [0.5, 0.6) is 0 Å². The molecular weight excluding hydrogens is 277 g/mol. The van der Waals surface area contributed by atoms with E-state index in [1.807, 2.05) is 25.8 Å². The van der Waals surface area contributed by atoms with Crippen molar-refractivity contribution in [2.75, 3.05) is 20.1 Å². The SMILES string of the molecule is CN(Cc1cc(F)c(F)c(F)c1)CC(C)(C)CN.Cl. The first kappa shape index (κ1) is 18.2. The van der Waals surface area contributed by atoms with Gasteiger partial charge < -0.3 is 10.6 Å². The third kappa shape index (κ3) is 5.38. The van der Waals surface area contributed by atoms with Crippen molar-refractivity contribution in [3.63, 3.8) is 0 Å². The van der Waals surface area contributed by atoms with E-state index in [0.717, 1.165) is 12.1 Å². The predicted octanol–water partition coefficient (Wildman–Crippen LogP) is 2.94. The fraction of sp³-hybridized carbons (Fsp3) is 0.538. The first-order valence-electron chi connectivity index (χ1n) is 5.77. The van der Waals surface area contributed by atoms with Gasteiger partial charge >= 0.3 is 0 Å². The lowest BCUT2D eigenvalue weighted by Crippen LogP contribution is -2.36. The molecule has 0 unspecified atom stereocenters. The molecule has 0 radical (unpaired) electrons. The van der Waals surface area contributed by atoms with E-state index in [4.69, 9.17) is 5.73 Å². The Morgan fingerprint density at radius 3 is 2.05 bits per heavy atom. The lowest BCUT2D eigenvalue weighted by molar-refractivity contribution is 0.209. The van der Waals surface area contributed by atoms with Crippen molar-refractivity contribution >= 4 is 12.4 Å². The van der Waals surface area contributed by atoms with Gasteiger partial charge in [0.2, 0.25) is 0 Å². The van der Waals surface area contributed by atoms with Crippen molar-refractivity contribution in [2.45, 2.75) is 20.4 Å². The van der Waals surface area contributed by atoms with E-state index >= 15 is 0 Å². The monoisotopic (exact) mass is 296 g/mol. The highest BCUT2D eigenvalue weighted by Crippen LogP contribution is 2.18. The van der Waals surface area contributed by atoms with Crippen LogP contribution in [0.4, 0.5) is 13.2 Å². The summed E-state index contributed by atoms with van der Waals surface area (Å²) < 4.78 is 38.9. The second-order valence-electron chi connectivity index (χ2n) is 5.41. The number of hydrogen-bond donors (Lipinski definition) is 1. The molecule has 0 aliphatic rings. The first-order chi connectivity index (χ1) is 8.25. The molecule has 19 heavy (non-hydrogen) atoms. The summed E-state index contributed by atoms with van der Waals surface area (Å²) in [5, 5.41) is 0. The zero-order valence-electron chi connectivity index (χ0n) is 11.3. The van der Waals surface area contributed by atoms with Gasteiger partial charge in [-0.15, -0.1) is 12.4 Å². The highest BCUT2D eigenvalue weighted by atomic mass is 35.5. The van der Waals surface area contributed by atoms with Crippen LogP contribution in [-0.2, 0) is 6.54 Å². The van der Waals surface area contributed by atoms with Crippen LogP contribution in [0, 0.1) is 22.9 Å². The molecular formula is C13H20ClF3N2. The zero-order valence-corrected chi connectivity index (χ0v) is 12.2. The molecule has 0 atom stereocenters. The smallest absolute Gasteiger partial charge is 0.194 e. The lowest BCUT2D eigenvalue weighted by atomic mass is 9.93. The van der Waals surface area contributed by atoms with Crippen molar-refractivity contribution in [1.82, 2.24) is 4.90 Å². The normalized spacial score (nSPS) is 11.6. The summed E-state index contributed by atoms with van der Waals surface area (Å²) in [6, 6.07) is 2.04. The van der Waals surface area contributed by atoms with Gasteiger partial charge in [-0.25, -0.2) is 13.2 Å². The zero-order chi connectivity index (χ0) is 13.9. The van der Waals surface area contributed by atoms with Gasteiger partial charge in [0.25, 0.3) is 0 Å². The Kier molecular flexibility index (Phi) is 6.83. The standard InChI is InChI=1S/C13H19F3N2.ClH/c1-13(2,7-17)8-18(3)6-9-4-10(14)12(16)11(15)5-9;/h4-5H,6-8,17H2,1-3H3;1H. The molecule has 1 rings (SSSR count). The van der Waals surface area contributed by atoms with Gasteiger partial charge in [-0.05, 0) is 36.7 Å². The van der Waals surface area contributed by atoms with Crippen LogP contribution in [0.1, 0.15) is 19.4 Å². The van der Waals surface area contributed by atoms with E-state index < -0.39 is 17.5 Å². The van der Waals surface area contributed by atoms with E-state index in [1.165, 1.54) is 0 Å². The highest BCUT2D eigenvalue weighted by molar-refractivity contribution is 5.85. The molecule has 0 aliphatic heterocycles. The molecule has 110 valence electrons. The minimum absolute atomic E-state index is 0. The maximum absolute atomic E-state index is 13.0. The summed E-state index contributed by atoms with van der Waals surface area (Å²) in [6.45, 7) is 5.57. The van der Waals surface area contributed by atoms with Crippen molar-refractivity contribution in [3.05, 3.63) is 35.1 Å². The van der Waals surface area contributed by atoms with Crippen LogP contribution in [0.15, 0.2) is 12.1 Å². The maximum Gasteiger partial charge on any atom is 0.194 e. The Morgan fingerprint density at radius 1 is 1.16 bits per heavy atom. The third-order valence-electron chi connectivity index (χ3n) is 2.75. The van der Waals surface area contributed by atoms with Crippen molar-refractivity contribution < 1.29 is 13.2 Å². The number of rotatable bonds is 5. The van der Waals surface area contributed by atoms with Crippen LogP contribution < -0.4 is 5.73 Å². The summed E-state index contributed by atoms with van der Waals surface area (Å²) in [7, 11) is 1.83. The summed E-state index contributed by atoms with van der Waals surface area (Å²) in [4.78, 5) is 1.90. The Balaban J connectivity index is 0.00000324. The number of nitrogens with zero attached hydrogens (tertiary/aromatic N) is 1. The molecule has 0 bridgehead atoms. The van der Waals surface area contributed by atoms with Crippen molar-refractivity contribution in [2.24, 2.45) is 11.1 Å². The minimum atomic E-state index is -1.43. The molecule has 2 nitrogen and oxygen atoms in total. The molecule has 0 heterocycles. The van der Waals surface area contributed by atoms with Crippen LogP contribution >= 0.6 is 12.4 Å². The molecule has 2 N–H and O–H groups in total. The molecule has 6 heteroatoms. The lowest BCUT2D eigenvalue weighted by Gasteiger charge is -2.29. The van der Waals surface area contributed by atoms with Crippen LogP contribution in [0.3, 0.4) is 0 Å². The van der Waals surface area contributed by atoms with E-state index in [9.17, 15) is 13.2 Å². The minimum Gasteiger partial charge on any atom is -0.330 e. The molecule has 0 fully saturated rings. The summed E-state index contributed by atoms with van der Waals surface area (Å²) in [5.41, 5.74) is 5.95. The average molecular weight is 297 g/mol. The van der Waals surface area contributed by atoms with E-state index in [1.54, 1.807) is 0 Å². The van der Waals surface area contributed by atoms with Crippen molar-refractivity contribution in [3.8, 4) is 0 Å². The summed E-state index contributed by atoms with van der Waals surface area (Å²) in [6.07, 6.45) is 0. The topological polar surface area (TPSA) is 29.3 Å². The Labute approximate surface area is 118 Å². The molecule has 0 aliphatic carbocycles. The van der Waals surface area contributed by atoms with E-state index in [2.05, 4.69) is 0 Å². The quantitative estimate of drug-likeness (QED) is 0.847. The van der Waals surface area contributed by atoms with E-state index in [0.29, 0.717) is 25.2 Å². The maximum atomic E-state index is 13.0. The third-order valence-corrected chi connectivity index (χ3v) is 2.75. The average Bonchev–Trinajstić information content (AvgIpc) is 2.25. The second-order valence-corrected chi connectivity index (χ2v) is 5.41. The fourth-order valence-corrected chi connectivity index (χ4v) is 1.86. The number of halogens is 4. The van der Waals surface area contributed by atoms with Crippen LogP contribution in [0.2, 0.25) is 0 Å².